The van der Waals surface area contributed by atoms with E-state index in [1.807, 2.05) is 21.0 Å². The van der Waals surface area contributed by atoms with Gasteiger partial charge in [-0.2, -0.15) is 0 Å². The molecule has 3 aromatic rings. The molecule has 27 heavy (non-hydrogen) atoms. The fraction of sp³-hybridized carbons (Fsp3) is 0.238. The predicted octanol–water partition coefficient (Wildman–Crippen LogP) is 3.82. The summed E-state index contributed by atoms with van der Waals surface area (Å²) in [5.74, 6) is -0.226. The summed E-state index contributed by atoms with van der Waals surface area (Å²) in [4.78, 5) is 14.5. The normalized spacial score (nSPS) is 12.2. The summed E-state index contributed by atoms with van der Waals surface area (Å²) in [6.45, 7) is 2.48. The van der Waals surface area contributed by atoms with Crippen molar-refractivity contribution in [2.75, 3.05) is 20.6 Å². The minimum Gasteiger partial charge on any atom is -0.355 e. The maximum Gasteiger partial charge on any atom is 0.273 e. The van der Waals surface area contributed by atoms with Crippen LogP contribution in [0, 0.1) is 12.7 Å². The van der Waals surface area contributed by atoms with Crippen molar-refractivity contribution in [3.8, 4) is 11.3 Å². The second-order valence-corrected chi connectivity index (χ2v) is 6.68. The van der Waals surface area contributed by atoms with Crippen molar-refractivity contribution in [1.82, 2.24) is 15.4 Å². The van der Waals surface area contributed by atoms with E-state index >= 15 is 0 Å². The maximum absolute atomic E-state index is 13.0. The molecule has 0 spiro atoms. The van der Waals surface area contributed by atoms with Gasteiger partial charge in [-0.25, -0.2) is 4.39 Å². The molecule has 140 valence electrons. The summed E-state index contributed by atoms with van der Waals surface area (Å²) < 4.78 is 18.2. The van der Waals surface area contributed by atoms with Gasteiger partial charge in [0.05, 0.1) is 6.04 Å². The molecule has 0 fully saturated rings. The predicted molar refractivity (Wildman–Crippen MR) is 102 cm³/mol. The van der Waals surface area contributed by atoms with Crippen LogP contribution >= 0.6 is 0 Å². The Morgan fingerprint density at radius 3 is 2.44 bits per heavy atom. The number of likely N-dealkylation sites (N-methyl/N-ethyl adjacent to an activating group) is 1. The number of amides is 1. The Morgan fingerprint density at radius 1 is 1.15 bits per heavy atom. The van der Waals surface area contributed by atoms with Crippen LogP contribution in [0.15, 0.2) is 59.1 Å². The highest BCUT2D eigenvalue weighted by Gasteiger charge is 2.18. The SMILES string of the molecule is Cc1ccc(C(CNC(=O)c2cc(-c3ccc(F)cc3)on2)N(C)C)cc1. The highest BCUT2D eigenvalue weighted by molar-refractivity contribution is 5.93. The van der Waals surface area contributed by atoms with Gasteiger partial charge in [-0.1, -0.05) is 35.0 Å². The Balaban J connectivity index is 1.67. The fourth-order valence-corrected chi connectivity index (χ4v) is 2.80. The molecule has 0 aliphatic rings. The number of nitrogens with one attached hydrogen (secondary N) is 1. The first-order valence-corrected chi connectivity index (χ1v) is 8.68. The molecule has 1 unspecified atom stereocenters. The molecule has 0 aliphatic heterocycles. The molecule has 0 saturated carbocycles. The number of benzene rings is 2. The highest BCUT2D eigenvalue weighted by atomic mass is 19.1. The number of hydrogen-bond acceptors (Lipinski definition) is 4. The topological polar surface area (TPSA) is 58.4 Å². The van der Waals surface area contributed by atoms with Crippen LogP contribution in [0.5, 0.6) is 0 Å². The minimum absolute atomic E-state index is 0.0398. The smallest absolute Gasteiger partial charge is 0.273 e. The van der Waals surface area contributed by atoms with Crippen molar-refractivity contribution < 1.29 is 13.7 Å². The van der Waals surface area contributed by atoms with Crippen molar-refractivity contribution >= 4 is 5.91 Å². The molecule has 1 aromatic heterocycles. The number of carbonyl (C=O) groups is 1. The van der Waals surface area contributed by atoms with Gasteiger partial charge in [-0.05, 0) is 50.8 Å². The van der Waals surface area contributed by atoms with E-state index in [0.717, 1.165) is 5.56 Å². The molecule has 2 aromatic carbocycles. The zero-order valence-corrected chi connectivity index (χ0v) is 15.6. The first kappa shape index (κ1) is 18.8. The van der Waals surface area contributed by atoms with Crippen LogP contribution in [-0.4, -0.2) is 36.6 Å². The molecule has 1 N–H and O–H groups in total. The first-order chi connectivity index (χ1) is 12.9. The van der Waals surface area contributed by atoms with E-state index in [9.17, 15) is 9.18 Å². The van der Waals surface area contributed by atoms with E-state index in [2.05, 4.69) is 39.6 Å². The standard InChI is InChI=1S/C21H22FN3O2/c1-14-4-6-15(7-5-14)19(25(2)3)13-23-21(26)18-12-20(27-24-18)16-8-10-17(22)11-9-16/h4-12,19H,13H2,1-3H3,(H,23,26). The highest BCUT2D eigenvalue weighted by Crippen LogP contribution is 2.21. The lowest BCUT2D eigenvalue weighted by atomic mass is 10.0. The Morgan fingerprint density at radius 2 is 1.81 bits per heavy atom. The Labute approximate surface area is 157 Å². The van der Waals surface area contributed by atoms with Crippen molar-refractivity contribution in [1.29, 1.82) is 0 Å². The number of carbonyl (C=O) groups excluding carboxylic acids is 1. The zero-order chi connectivity index (χ0) is 19.4. The lowest BCUT2D eigenvalue weighted by Crippen LogP contribution is -2.34. The number of hydrogen-bond donors (Lipinski definition) is 1. The van der Waals surface area contributed by atoms with Crippen molar-refractivity contribution in [3.63, 3.8) is 0 Å². The van der Waals surface area contributed by atoms with Crippen LogP contribution in [0.1, 0.15) is 27.7 Å². The lowest BCUT2D eigenvalue weighted by Gasteiger charge is -2.25. The number of rotatable bonds is 6. The molecule has 5 nitrogen and oxygen atoms in total. The van der Waals surface area contributed by atoms with Gasteiger partial charge in [-0.3, -0.25) is 4.79 Å². The average molecular weight is 367 g/mol. The molecule has 0 radical (unpaired) electrons. The first-order valence-electron chi connectivity index (χ1n) is 8.68. The minimum atomic E-state index is -0.331. The van der Waals surface area contributed by atoms with Crippen LogP contribution in [-0.2, 0) is 0 Å². The van der Waals surface area contributed by atoms with Crippen molar-refractivity contribution in [3.05, 3.63) is 77.2 Å². The van der Waals surface area contributed by atoms with Crippen molar-refractivity contribution in [2.45, 2.75) is 13.0 Å². The van der Waals surface area contributed by atoms with Crippen LogP contribution in [0.2, 0.25) is 0 Å². The van der Waals surface area contributed by atoms with E-state index in [4.69, 9.17) is 4.52 Å². The van der Waals surface area contributed by atoms with E-state index in [-0.39, 0.29) is 23.5 Å². The molecule has 0 aliphatic carbocycles. The molecule has 1 atom stereocenters. The molecule has 0 saturated heterocycles. The summed E-state index contributed by atoms with van der Waals surface area (Å²) >= 11 is 0. The number of aryl methyl sites for hydroxylation is 1. The third kappa shape index (κ3) is 4.60. The summed E-state index contributed by atoms with van der Waals surface area (Å²) in [6, 6.07) is 15.7. The Hall–Kier alpha value is -2.99. The Kier molecular flexibility index (Phi) is 5.66. The number of halogens is 1. The third-order valence-corrected chi connectivity index (χ3v) is 4.41. The number of nitrogens with zero attached hydrogens (tertiary/aromatic N) is 2. The van der Waals surface area contributed by atoms with Crippen LogP contribution in [0.3, 0.4) is 0 Å². The average Bonchev–Trinajstić information content (AvgIpc) is 3.14. The second-order valence-electron chi connectivity index (χ2n) is 6.68. The van der Waals surface area contributed by atoms with Gasteiger partial charge >= 0.3 is 0 Å². The van der Waals surface area contributed by atoms with Crippen molar-refractivity contribution in [2.24, 2.45) is 0 Å². The molecule has 6 heteroatoms. The summed E-state index contributed by atoms with van der Waals surface area (Å²) in [5.41, 5.74) is 3.17. The van der Waals surface area contributed by atoms with Gasteiger partial charge < -0.3 is 14.7 Å². The molecular weight excluding hydrogens is 345 g/mol. The Bertz CT molecular complexity index is 902. The van der Waals surface area contributed by atoms with Crippen LogP contribution in [0.25, 0.3) is 11.3 Å². The quantitative estimate of drug-likeness (QED) is 0.720. The van der Waals surface area contributed by atoms with Gasteiger partial charge in [-0.15, -0.1) is 0 Å². The molecule has 3 rings (SSSR count). The number of aromatic nitrogens is 1. The summed E-state index contributed by atoms with van der Waals surface area (Å²) in [6.07, 6.45) is 0. The maximum atomic E-state index is 13.0. The van der Waals surface area contributed by atoms with Gasteiger partial charge in [0, 0.05) is 18.2 Å². The molecular formula is C21H22FN3O2. The van der Waals surface area contributed by atoms with Gasteiger partial charge in [0.15, 0.2) is 11.5 Å². The van der Waals surface area contributed by atoms with E-state index in [1.54, 1.807) is 18.2 Å². The monoisotopic (exact) mass is 367 g/mol. The van der Waals surface area contributed by atoms with Gasteiger partial charge in [0.1, 0.15) is 5.82 Å². The summed E-state index contributed by atoms with van der Waals surface area (Å²) in [7, 11) is 3.94. The summed E-state index contributed by atoms with van der Waals surface area (Å²) in [5, 5.41) is 6.73. The zero-order valence-electron chi connectivity index (χ0n) is 15.6. The van der Waals surface area contributed by atoms with E-state index < -0.39 is 0 Å². The van der Waals surface area contributed by atoms with E-state index in [0.29, 0.717) is 17.9 Å². The van der Waals surface area contributed by atoms with Crippen LogP contribution in [0.4, 0.5) is 4.39 Å². The van der Waals surface area contributed by atoms with E-state index in [1.165, 1.54) is 17.7 Å². The van der Waals surface area contributed by atoms with Crippen LogP contribution < -0.4 is 5.32 Å². The largest absolute Gasteiger partial charge is 0.355 e. The van der Waals surface area contributed by atoms with Gasteiger partial charge in [0.2, 0.25) is 0 Å². The fourth-order valence-electron chi connectivity index (χ4n) is 2.80. The molecule has 0 bridgehead atoms. The molecule has 1 heterocycles. The van der Waals surface area contributed by atoms with Gasteiger partial charge in [0.25, 0.3) is 5.91 Å². The second kappa shape index (κ2) is 8.14. The third-order valence-electron chi connectivity index (χ3n) is 4.41. The lowest BCUT2D eigenvalue weighted by molar-refractivity contribution is 0.0933. The molecule has 1 amide bonds.